The molecule has 8 nitrogen and oxygen atoms in total. The van der Waals surface area contributed by atoms with Crippen LogP contribution < -0.4 is 10.0 Å². The summed E-state index contributed by atoms with van der Waals surface area (Å²) in [6.07, 6.45) is 0.402. The quantitative estimate of drug-likeness (QED) is 0.390. The molecule has 0 bridgehead atoms. The highest BCUT2D eigenvalue weighted by Crippen LogP contribution is 2.32. The lowest BCUT2D eigenvalue weighted by molar-refractivity contribution is -0.137. The molecule has 1 aromatic carbocycles. The average molecular weight is 475 g/mol. The van der Waals surface area contributed by atoms with Crippen LogP contribution in [0.3, 0.4) is 0 Å². The monoisotopic (exact) mass is 474 g/mol. The summed E-state index contributed by atoms with van der Waals surface area (Å²) in [4.78, 5) is 19.2. The molecule has 168 valence electrons. The summed E-state index contributed by atoms with van der Waals surface area (Å²) in [5.74, 6) is -0.441. The van der Waals surface area contributed by atoms with E-state index in [4.69, 9.17) is 16.7 Å². The van der Waals surface area contributed by atoms with Gasteiger partial charge in [-0.15, -0.1) is 0 Å². The maximum absolute atomic E-state index is 12.9. The first-order chi connectivity index (χ1) is 15.2. The molecule has 0 aliphatic carbocycles. The minimum Gasteiger partial charge on any atom is -0.481 e. The number of hydrogen-bond donors (Lipinski definition) is 3. The highest BCUT2D eigenvalue weighted by molar-refractivity contribution is 7.92. The summed E-state index contributed by atoms with van der Waals surface area (Å²) in [6.45, 7) is 4.24. The number of rotatable bonds is 9. The van der Waals surface area contributed by atoms with E-state index >= 15 is 0 Å². The van der Waals surface area contributed by atoms with Gasteiger partial charge in [0.2, 0.25) is 0 Å². The molecule has 3 N–H and O–H groups in total. The number of nitrogens with zero attached hydrogens (tertiary/aromatic N) is 2. The summed E-state index contributed by atoms with van der Waals surface area (Å²) in [5, 5.41) is 11.8. The van der Waals surface area contributed by atoms with E-state index in [0.717, 1.165) is 16.7 Å². The Balaban J connectivity index is 1.83. The van der Waals surface area contributed by atoms with E-state index in [2.05, 4.69) is 20.0 Å². The smallest absolute Gasteiger partial charge is 0.303 e. The van der Waals surface area contributed by atoms with Crippen LogP contribution in [0.4, 0.5) is 11.6 Å². The van der Waals surface area contributed by atoms with Crippen LogP contribution in [0.25, 0.3) is 11.3 Å². The Labute approximate surface area is 191 Å². The van der Waals surface area contributed by atoms with Crippen LogP contribution in [0.5, 0.6) is 0 Å². The highest BCUT2D eigenvalue weighted by atomic mass is 35.5. The van der Waals surface area contributed by atoms with Gasteiger partial charge in [-0.1, -0.05) is 35.9 Å². The number of hydrogen-bond acceptors (Lipinski definition) is 6. The maximum Gasteiger partial charge on any atom is 0.303 e. The van der Waals surface area contributed by atoms with Crippen molar-refractivity contribution in [3.8, 4) is 11.3 Å². The van der Waals surface area contributed by atoms with Crippen LogP contribution in [0.1, 0.15) is 24.0 Å². The fraction of sp³-hybridized carbons (Fsp3) is 0.227. The van der Waals surface area contributed by atoms with Gasteiger partial charge in [0.05, 0.1) is 10.7 Å². The van der Waals surface area contributed by atoms with Gasteiger partial charge in [-0.05, 0) is 55.7 Å². The summed E-state index contributed by atoms with van der Waals surface area (Å²) in [7, 11) is -4.01. The highest BCUT2D eigenvalue weighted by Gasteiger charge is 2.19. The normalized spacial score (nSPS) is 11.2. The number of carboxylic acid groups (broad SMARTS) is 1. The van der Waals surface area contributed by atoms with E-state index in [-0.39, 0.29) is 17.3 Å². The molecule has 2 heterocycles. The molecule has 10 heteroatoms. The number of sulfonamides is 1. The number of aryl methyl sites for hydroxylation is 2. The molecular formula is C22H23ClN4O4S. The van der Waals surface area contributed by atoms with E-state index < -0.39 is 16.0 Å². The zero-order valence-electron chi connectivity index (χ0n) is 17.6. The molecule has 0 saturated carbocycles. The predicted octanol–water partition coefficient (Wildman–Crippen LogP) is 4.49. The lowest BCUT2D eigenvalue weighted by Crippen LogP contribution is -2.16. The van der Waals surface area contributed by atoms with Crippen molar-refractivity contribution in [3.63, 3.8) is 0 Å². The minimum absolute atomic E-state index is 0.0114. The number of benzene rings is 1. The predicted molar refractivity (Wildman–Crippen MR) is 125 cm³/mol. The number of anilines is 2. The fourth-order valence-corrected chi connectivity index (χ4v) is 4.34. The van der Waals surface area contributed by atoms with Crippen LogP contribution in [0.2, 0.25) is 5.02 Å². The topological polar surface area (TPSA) is 121 Å². The van der Waals surface area contributed by atoms with Gasteiger partial charge in [-0.25, -0.2) is 9.97 Å². The molecule has 2 aromatic heterocycles. The number of halogens is 1. The second kappa shape index (κ2) is 9.97. The third kappa shape index (κ3) is 5.74. The van der Waals surface area contributed by atoms with Gasteiger partial charge in [0.15, 0.2) is 5.03 Å². The van der Waals surface area contributed by atoms with Gasteiger partial charge in [0.1, 0.15) is 11.6 Å². The number of carbonyl (C=O) groups is 1. The van der Waals surface area contributed by atoms with Crippen molar-refractivity contribution in [1.82, 2.24) is 9.97 Å². The number of aromatic nitrogens is 2. The van der Waals surface area contributed by atoms with Crippen molar-refractivity contribution in [2.24, 2.45) is 0 Å². The van der Waals surface area contributed by atoms with Crippen molar-refractivity contribution < 1.29 is 18.3 Å². The Morgan fingerprint density at radius 3 is 2.38 bits per heavy atom. The van der Waals surface area contributed by atoms with E-state index in [9.17, 15) is 13.2 Å². The first-order valence-electron chi connectivity index (χ1n) is 9.86. The number of nitrogens with one attached hydrogen (secondary N) is 2. The van der Waals surface area contributed by atoms with E-state index in [1.165, 1.54) is 12.1 Å². The Kier molecular flexibility index (Phi) is 7.32. The third-order valence-corrected chi connectivity index (χ3v) is 6.24. The van der Waals surface area contributed by atoms with Crippen LogP contribution in [0, 0.1) is 13.8 Å². The zero-order valence-corrected chi connectivity index (χ0v) is 19.2. The largest absolute Gasteiger partial charge is 0.481 e. The number of pyridine rings is 2. The zero-order chi connectivity index (χ0) is 23.3. The first-order valence-corrected chi connectivity index (χ1v) is 11.7. The number of aliphatic carboxylic acids is 1. The summed E-state index contributed by atoms with van der Waals surface area (Å²) in [6, 6.07) is 13.4. The SMILES string of the molecule is Cc1cccc(C)c1-c1nc(NS(=O)(=O)c2cccc(NCCCC(=O)O)n2)ccc1Cl. The summed E-state index contributed by atoms with van der Waals surface area (Å²) < 4.78 is 28.2. The average Bonchev–Trinajstić information content (AvgIpc) is 2.73. The third-order valence-electron chi connectivity index (χ3n) is 4.68. The molecule has 0 saturated heterocycles. The van der Waals surface area contributed by atoms with Crippen LogP contribution in [-0.2, 0) is 14.8 Å². The molecule has 0 amide bonds. The van der Waals surface area contributed by atoms with Crippen molar-refractivity contribution in [2.45, 2.75) is 31.7 Å². The molecule has 32 heavy (non-hydrogen) atoms. The van der Waals surface area contributed by atoms with E-state index in [1.807, 2.05) is 32.0 Å². The van der Waals surface area contributed by atoms with Gasteiger partial charge in [0.25, 0.3) is 10.0 Å². The van der Waals surface area contributed by atoms with Gasteiger partial charge in [0, 0.05) is 18.5 Å². The van der Waals surface area contributed by atoms with Crippen molar-refractivity contribution in [3.05, 3.63) is 64.7 Å². The van der Waals surface area contributed by atoms with Gasteiger partial charge >= 0.3 is 5.97 Å². The Bertz CT molecular complexity index is 1230. The molecule has 0 aliphatic rings. The molecule has 0 atom stereocenters. The maximum atomic E-state index is 12.9. The fourth-order valence-electron chi connectivity index (χ4n) is 3.17. The Hall–Kier alpha value is -3.17. The van der Waals surface area contributed by atoms with Crippen LogP contribution >= 0.6 is 11.6 Å². The number of carboxylic acids is 1. The lowest BCUT2D eigenvalue weighted by Gasteiger charge is -2.13. The molecule has 3 aromatic rings. The summed E-state index contributed by atoms with van der Waals surface area (Å²) >= 11 is 6.37. The molecule has 3 rings (SSSR count). The van der Waals surface area contributed by atoms with Crippen molar-refractivity contribution >= 4 is 39.2 Å². The van der Waals surface area contributed by atoms with Gasteiger partial charge < -0.3 is 10.4 Å². The molecule has 0 radical (unpaired) electrons. The van der Waals surface area contributed by atoms with Crippen LogP contribution in [0.15, 0.2) is 53.6 Å². The molecular weight excluding hydrogens is 452 g/mol. The Morgan fingerprint density at radius 2 is 1.69 bits per heavy atom. The van der Waals surface area contributed by atoms with Crippen LogP contribution in [-0.4, -0.2) is 36.0 Å². The van der Waals surface area contributed by atoms with Crippen molar-refractivity contribution in [1.29, 1.82) is 0 Å². The molecule has 0 fully saturated rings. The second-order valence-electron chi connectivity index (χ2n) is 7.18. The minimum atomic E-state index is -4.01. The van der Waals surface area contributed by atoms with E-state index in [1.54, 1.807) is 18.2 Å². The van der Waals surface area contributed by atoms with Gasteiger partial charge in [-0.3, -0.25) is 9.52 Å². The standard InChI is InChI=1S/C22H23ClN4O4S/c1-14-6-3-7-15(2)21(14)22-16(23)11-12-18(26-22)27-32(30,31)19-9-4-8-17(25-19)24-13-5-10-20(28)29/h3-4,6-9,11-12H,5,10,13H2,1-2H3,(H,24,25)(H,26,27)(H,28,29). The molecule has 0 unspecified atom stereocenters. The summed E-state index contributed by atoms with van der Waals surface area (Å²) in [5.41, 5.74) is 3.29. The second-order valence-corrected chi connectivity index (χ2v) is 9.22. The Morgan fingerprint density at radius 1 is 1.00 bits per heavy atom. The van der Waals surface area contributed by atoms with E-state index in [0.29, 0.717) is 29.5 Å². The molecule has 0 aliphatic heterocycles. The van der Waals surface area contributed by atoms with Crippen molar-refractivity contribution in [2.75, 3.05) is 16.6 Å². The molecule has 0 spiro atoms. The lowest BCUT2D eigenvalue weighted by atomic mass is 9.99. The first kappa shape index (κ1) is 23.5. The van der Waals surface area contributed by atoms with Gasteiger partial charge in [-0.2, -0.15) is 8.42 Å².